The third-order valence-corrected chi connectivity index (χ3v) is 2.43. The maximum atomic E-state index is 13.0. The van der Waals surface area contributed by atoms with Crippen molar-refractivity contribution in [3.63, 3.8) is 0 Å². The molecule has 5 heteroatoms. The van der Waals surface area contributed by atoms with Crippen molar-refractivity contribution < 1.29 is 9.18 Å². The van der Waals surface area contributed by atoms with E-state index in [0.29, 0.717) is 12.1 Å². The van der Waals surface area contributed by atoms with Crippen LogP contribution >= 0.6 is 11.8 Å². The molecule has 1 aromatic rings. The van der Waals surface area contributed by atoms with Crippen LogP contribution in [0.1, 0.15) is 6.42 Å². The quantitative estimate of drug-likeness (QED) is 0.776. The Labute approximate surface area is 92.2 Å². The highest BCUT2D eigenvalue weighted by atomic mass is 32.2. The number of anilines is 2. The molecule has 3 nitrogen and oxygen atoms in total. The molecule has 0 saturated carbocycles. The van der Waals surface area contributed by atoms with Crippen LogP contribution in [0, 0.1) is 5.82 Å². The van der Waals surface area contributed by atoms with Crippen molar-refractivity contribution >= 4 is 29.0 Å². The molecule has 3 N–H and O–H groups in total. The smallest absolute Gasteiger partial charge is 0.225 e. The third-order valence-electron chi connectivity index (χ3n) is 1.82. The number of nitrogens with one attached hydrogen (secondary N) is 1. The summed E-state index contributed by atoms with van der Waals surface area (Å²) in [5, 5.41) is 2.60. The maximum Gasteiger partial charge on any atom is 0.225 e. The fraction of sp³-hybridized carbons (Fsp3) is 0.300. The average molecular weight is 228 g/mol. The number of rotatable bonds is 4. The molecule has 0 spiro atoms. The first kappa shape index (κ1) is 11.8. The number of hydrogen-bond donors (Lipinski definition) is 2. The monoisotopic (exact) mass is 228 g/mol. The van der Waals surface area contributed by atoms with E-state index in [-0.39, 0.29) is 11.6 Å². The summed E-state index contributed by atoms with van der Waals surface area (Å²) in [6.45, 7) is 0. The van der Waals surface area contributed by atoms with E-state index in [1.165, 1.54) is 12.1 Å². The lowest BCUT2D eigenvalue weighted by atomic mass is 10.2. The molecular weight excluding hydrogens is 215 g/mol. The molecule has 15 heavy (non-hydrogen) atoms. The molecule has 1 aromatic carbocycles. The molecule has 82 valence electrons. The topological polar surface area (TPSA) is 55.1 Å². The number of thioether (sulfide) groups is 1. The molecule has 0 aromatic heterocycles. The van der Waals surface area contributed by atoms with Crippen LogP contribution in [0.2, 0.25) is 0 Å². The molecule has 0 radical (unpaired) electrons. The number of amides is 1. The molecule has 0 fully saturated rings. The second kappa shape index (κ2) is 5.60. The number of carbonyl (C=O) groups excluding carboxylic acids is 1. The minimum atomic E-state index is -0.516. The van der Waals surface area contributed by atoms with Gasteiger partial charge in [0.25, 0.3) is 0 Å². The maximum absolute atomic E-state index is 13.0. The van der Waals surface area contributed by atoms with Crippen LogP contribution in [0.4, 0.5) is 15.8 Å². The molecule has 0 aliphatic rings. The van der Waals surface area contributed by atoms with Gasteiger partial charge in [0, 0.05) is 17.9 Å². The Morgan fingerprint density at radius 1 is 1.60 bits per heavy atom. The van der Waals surface area contributed by atoms with E-state index in [1.54, 1.807) is 17.8 Å². The summed E-state index contributed by atoms with van der Waals surface area (Å²) in [5.74, 6) is 0.120. The second-order valence-corrected chi connectivity index (χ2v) is 4.01. The number of halogens is 1. The van der Waals surface area contributed by atoms with Gasteiger partial charge in [-0.15, -0.1) is 0 Å². The number of nitrogens with two attached hydrogens (primary N) is 1. The first-order chi connectivity index (χ1) is 7.13. The van der Waals surface area contributed by atoms with Gasteiger partial charge in [-0.1, -0.05) is 0 Å². The molecular formula is C10H13FN2OS. The van der Waals surface area contributed by atoms with Crippen molar-refractivity contribution in [2.75, 3.05) is 23.1 Å². The standard InChI is InChI=1S/C10H13FN2OS/c1-15-5-4-10(14)13-7-2-3-9(12)8(11)6-7/h2-3,6H,4-5,12H2,1H3,(H,13,14). The van der Waals surface area contributed by atoms with Crippen LogP contribution in [0.15, 0.2) is 18.2 Å². The Kier molecular flexibility index (Phi) is 4.42. The SMILES string of the molecule is CSCCC(=O)Nc1ccc(N)c(F)c1. The van der Waals surface area contributed by atoms with E-state index in [9.17, 15) is 9.18 Å². The summed E-state index contributed by atoms with van der Waals surface area (Å²) in [4.78, 5) is 11.3. The van der Waals surface area contributed by atoms with Crippen molar-refractivity contribution in [1.82, 2.24) is 0 Å². The number of hydrogen-bond acceptors (Lipinski definition) is 3. The van der Waals surface area contributed by atoms with E-state index >= 15 is 0 Å². The van der Waals surface area contributed by atoms with Gasteiger partial charge in [0.1, 0.15) is 5.82 Å². The fourth-order valence-corrected chi connectivity index (χ4v) is 1.41. The van der Waals surface area contributed by atoms with Gasteiger partial charge < -0.3 is 11.1 Å². The van der Waals surface area contributed by atoms with Gasteiger partial charge in [0.05, 0.1) is 5.69 Å². The zero-order valence-electron chi connectivity index (χ0n) is 8.42. The minimum absolute atomic E-state index is 0.0807. The molecule has 0 heterocycles. The van der Waals surface area contributed by atoms with Crippen LogP contribution in [-0.4, -0.2) is 17.9 Å². The first-order valence-corrected chi connectivity index (χ1v) is 5.86. The van der Waals surface area contributed by atoms with E-state index < -0.39 is 5.82 Å². The van der Waals surface area contributed by atoms with Crippen molar-refractivity contribution in [3.8, 4) is 0 Å². The average Bonchev–Trinajstić information content (AvgIpc) is 2.20. The summed E-state index contributed by atoms with van der Waals surface area (Å²) < 4.78 is 13.0. The van der Waals surface area contributed by atoms with Crippen molar-refractivity contribution in [2.24, 2.45) is 0 Å². The van der Waals surface area contributed by atoms with Gasteiger partial charge in [0.15, 0.2) is 0 Å². The number of nitrogen functional groups attached to an aromatic ring is 1. The highest BCUT2D eigenvalue weighted by molar-refractivity contribution is 7.98. The summed E-state index contributed by atoms with van der Waals surface area (Å²) in [6.07, 6.45) is 2.35. The van der Waals surface area contributed by atoms with Gasteiger partial charge in [-0.3, -0.25) is 4.79 Å². The molecule has 1 amide bonds. The predicted molar refractivity (Wildman–Crippen MR) is 62.4 cm³/mol. The molecule has 0 unspecified atom stereocenters. The van der Waals surface area contributed by atoms with Gasteiger partial charge in [-0.25, -0.2) is 4.39 Å². The van der Waals surface area contributed by atoms with E-state index in [1.807, 2.05) is 6.26 Å². The van der Waals surface area contributed by atoms with Crippen LogP contribution < -0.4 is 11.1 Å². The van der Waals surface area contributed by atoms with Crippen LogP contribution in [0.5, 0.6) is 0 Å². The van der Waals surface area contributed by atoms with Gasteiger partial charge in [-0.2, -0.15) is 11.8 Å². The number of benzene rings is 1. The third kappa shape index (κ3) is 3.79. The van der Waals surface area contributed by atoms with Crippen molar-refractivity contribution in [3.05, 3.63) is 24.0 Å². The zero-order chi connectivity index (χ0) is 11.3. The van der Waals surface area contributed by atoms with Crippen molar-refractivity contribution in [1.29, 1.82) is 0 Å². The summed E-state index contributed by atoms with van der Waals surface area (Å²) in [5.41, 5.74) is 5.83. The van der Waals surface area contributed by atoms with E-state index in [2.05, 4.69) is 5.32 Å². The highest BCUT2D eigenvalue weighted by Gasteiger charge is 2.04. The highest BCUT2D eigenvalue weighted by Crippen LogP contribution is 2.16. The van der Waals surface area contributed by atoms with Crippen molar-refractivity contribution in [2.45, 2.75) is 6.42 Å². The Hall–Kier alpha value is -1.23. The van der Waals surface area contributed by atoms with Crippen LogP contribution in [0.25, 0.3) is 0 Å². The lowest BCUT2D eigenvalue weighted by Crippen LogP contribution is -2.12. The number of carbonyl (C=O) groups is 1. The Balaban J connectivity index is 2.57. The normalized spacial score (nSPS) is 10.0. The van der Waals surface area contributed by atoms with Crippen LogP contribution in [0.3, 0.4) is 0 Å². The molecule has 0 bridgehead atoms. The summed E-state index contributed by atoms with van der Waals surface area (Å²) in [6, 6.07) is 4.22. The van der Waals surface area contributed by atoms with Crippen LogP contribution in [-0.2, 0) is 4.79 Å². The summed E-state index contributed by atoms with van der Waals surface area (Å²) >= 11 is 1.59. The predicted octanol–water partition coefficient (Wildman–Crippen LogP) is 2.10. The molecule has 0 atom stereocenters. The van der Waals surface area contributed by atoms with Gasteiger partial charge in [0.2, 0.25) is 5.91 Å². The largest absolute Gasteiger partial charge is 0.396 e. The Morgan fingerprint density at radius 3 is 2.93 bits per heavy atom. The Morgan fingerprint density at radius 2 is 2.33 bits per heavy atom. The zero-order valence-corrected chi connectivity index (χ0v) is 9.23. The van der Waals surface area contributed by atoms with E-state index in [0.717, 1.165) is 5.75 Å². The molecule has 0 aliphatic carbocycles. The van der Waals surface area contributed by atoms with E-state index in [4.69, 9.17) is 5.73 Å². The van der Waals surface area contributed by atoms with Gasteiger partial charge >= 0.3 is 0 Å². The van der Waals surface area contributed by atoms with Gasteiger partial charge in [-0.05, 0) is 24.5 Å². The lowest BCUT2D eigenvalue weighted by molar-refractivity contribution is -0.115. The Bertz CT molecular complexity index is 357. The fourth-order valence-electron chi connectivity index (χ4n) is 1.02. The molecule has 1 rings (SSSR count). The first-order valence-electron chi connectivity index (χ1n) is 4.47. The molecule has 0 aliphatic heterocycles. The summed E-state index contributed by atoms with van der Waals surface area (Å²) in [7, 11) is 0. The second-order valence-electron chi connectivity index (χ2n) is 3.03. The lowest BCUT2D eigenvalue weighted by Gasteiger charge is -2.05. The molecule has 0 saturated heterocycles. The minimum Gasteiger partial charge on any atom is -0.396 e.